The highest BCUT2D eigenvalue weighted by molar-refractivity contribution is 7.89. The molecule has 0 amide bonds. The van der Waals surface area contributed by atoms with Gasteiger partial charge < -0.3 is 16.5 Å². The minimum Gasteiger partial charge on any atom is -0.398 e. The largest absolute Gasteiger partial charge is 0.405 e. The molecule has 0 bridgehead atoms. The molecule has 0 spiro atoms. The Kier molecular flexibility index (Phi) is 5.84. The first-order chi connectivity index (χ1) is 13.8. The molecule has 13 heteroatoms. The molecule has 0 aliphatic rings. The average Bonchev–Trinajstić information content (AvgIpc) is 3.00. The van der Waals surface area contributed by atoms with E-state index in [2.05, 4.69) is 4.98 Å². The van der Waals surface area contributed by atoms with E-state index in [4.69, 9.17) is 34.7 Å². The highest BCUT2D eigenvalue weighted by Crippen LogP contribution is 2.34. The summed E-state index contributed by atoms with van der Waals surface area (Å²) in [4.78, 5) is 1.87. The lowest BCUT2D eigenvalue weighted by molar-refractivity contribution is -0.150. The quantitative estimate of drug-likeness (QED) is 0.320. The fourth-order valence-corrected chi connectivity index (χ4v) is 5.22. The lowest BCUT2D eigenvalue weighted by atomic mass is 10.0. The van der Waals surface area contributed by atoms with E-state index in [0.29, 0.717) is 0 Å². The molecule has 2 aromatic carbocycles. The van der Waals surface area contributed by atoms with Crippen LogP contribution in [-0.4, -0.2) is 25.6 Å². The van der Waals surface area contributed by atoms with Crippen molar-refractivity contribution < 1.29 is 26.0 Å². The summed E-state index contributed by atoms with van der Waals surface area (Å²) in [6, 6.07) is 1.74. The van der Waals surface area contributed by atoms with E-state index in [9.17, 15) is 26.0 Å². The number of alkyl halides is 3. The fraction of sp³-hybridized carbons (Fsp3) is 0.176. The number of halogens is 6. The SMILES string of the molecule is Nc1cc(Cl)cc(Cl)c1S(=O)(=O)NC(Cc1c[nH]c2c(N)ccc(F)c12)C(F)(F)F. The molecule has 6 nitrogen and oxygen atoms in total. The maximum Gasteiger partial charge on any atom is 0.405 e. The lowest BCUT2D eigenvalue weighted by Gasteiger charge is -2.22. The van der Waals surface area contributed by atoms with Crippen LogP contribution in [0.2, 0.25) is 10.0 Å². The second-order valence-electron chi connectivity index (χ2n) is 6.43. The standard InChI is InChI=1S/C17H14Cl2F4N4O2S/c18-8-4-9(19)16(12(25)5-8)30(28,29)27-13(17(21,22)23)3-7-6-26-15-11(24)2-1-10(20)14(7)15/h1-2,4-6,13,26-27H,3,24-25H2. The van der Waals surface area contributed by atoms with Gasteiger partial charge in [0.1, 0.15) is 16.8 Å². The topological polar surface area (TPSA) is 114 Å². The Morgan fingerprint density at radius 3 is 2.40 bits per heavy atom. The average molecular weight is 485 g/mol. The van der Waals surface area contributed by atoms with Crippen LogP contribution < -0.4 is 16.2 Å². The molecular weight excluding hydrogens is 471 g/mol. The Hall–Kier alpha value is -2.21. The Morgan fingerprint density at radius 2 is 1.80 bits per heavy atom. The lowest BCUT2D eigenvalue weighted by Crippen LogP contribution is -2.46. The molecule has 0 fully saturated rings. The van der Waals surface area contributed by atoms with E-state index in [1.807, 2.05) is 0 Å². The highest BCUT2D eigenvalue weighted by Gasteiger charge is 2.43. The van der Waals surface area contributed by atoms with Crippen molar-refractivity contribution in [3.8, 4) is 0 Å². The van der Waals surface area contributed by atoms with Gasteiger partial charge in [0.15, 0.2) is 0 Å². The van der Waals surface area contributed by atoms with Gasteiger partial charge in [-0.1, -0.05) is 23.2 Å². The van der Waals surface area contributed by atoms with Crippen LogP contribution in [0.4, 0.5) is 28.9 Å². The molecule has 0 saturated heterocycles. The van der Waals surface area contributed by atoms with Crippen LogP contribution in [0.25, 0.3) is 10.9 Å². The Bertz CT molecular complexity index is 1210. The van der Waals surface area contributed by atoms with Crippen LogP contribution in [0.5, 0.6) is 0 Å². The summed E-state index contributed by atoms with van der Waals surface area (Å²) in [5, 5.41) is -0.595. The maximum atomic E-state index is 14.2. The molecule has 0 aliphatic carbocycles. The summed E-state index contributed by atoms with van der Waals surface area (Å²) in [6.07, 6.45) is -4.78. The zero-order chi connectivity index (χ0) is 22.4. The normalized spacial score (nSPS) is 13.7. The Labute approximate surface area is 178 Å². The summed E-state index contributed by atoms with van der Waals surface area (Å²) < 4.78 is 82.0. The summed E-state index contributed by atoms with van der Waals surface area (Å²) in [5.74, 6) is -0.802. The van der Waals surface area contributed by atoms with Crippen LogP contribution in [0.15, 0.2) is 35.4 Å². The third-order valence-electron chi connectivity index (χ3n) is 4.32. The zero-order valence-corrected chi connectivity index (χ0v) is 17.1. The van der Waals surface area contributed by atoms with Crippen molar-refractivity contribution in [1.82, 2.24) is 9.71 Å². The smallest absolute Gasteiger partial charge is 0.398 e. The molecule has 30 heavy (non-hydrogen) atoms. The number of sulfonamides is 1. The number of nitrogen functional groups attached to an aromatic ring is 2. The van der Waals surface area contributed by atoms with E-state index in [1.54, 1.807) is 4.72 Å². The molecule has 0 aliphatic heterocycles. The van der Waals surface area contributed by atoms with Crippen molar-refractivity contribution in [1.29, 1.82) is 0 Å². The number of hydrogen-bond acceptors (Lipinski definition) is 4. The molecule has 6 N–H and O–H groups in total. The van der Waals surface area contributed by atoms with Gasteiger partial charge in [0, 0.05) is 16.6 Å². The Balaban J connectivity index is 2.03. The van der Waals surface area contributed by atoms with Crippen LogP contribution >= 0.6 is 23.2 Å². The number of fused-ring (bicyclic) bond motifs is 1. The van der Waals surface area contributed by atoms with Crippen molar-refractivity contribution >= 4 is 55.5 Å². The van der Waals surface area contributed by atoms with Crippen LogP contribution in [0, 0.1) is 5.82 Å². The zero-order valence-electron chi connectivity index (χ0n) is 14.8. The molecule has 3 aromatic rings. The molecule has 1 unspecified atom stereocenters. The fourth-order valence-electron chi connectivity index (χ4n) is 3.01. The van der Waals surface area contributed by atoms with E-state index >= 15 is 0 Å². The predicted octanol–water partition coefficient (Wildman–Crippen LogP) is 4.23. The van der Waals surface area contributed by atoms with Crippen molar-refractivity contribution in [3.63, 3.8) is 0 Å². The number of H-pyrrole nitrogens is 1. The molecule has 3 rings (SSSR count). The first kappa shape index (κ1) is 22.5. The minimum atomic E-state index is -5.01. The highest BCUT2D eigenvalue weighted by atomic mass is 35.5. The minimum absolute atomic E-state index is 0.00989. The van der Waals surface area contributed by atoms with Gasteiger partial charge in [-0.25, -0.2) is 12.8 Å². The third kappa shape index (κ3) is 4.29. The van der Waals surface area contributed by atoms with Gasteiger partial charge >= 0.3 is 6.18 Å². The molecule has 1 atom stereocenters. The van der Waals surface area contributed by atoms with Crippen molar-refractivity contribution in [2.45, 2.75) is 23.5 Å². The number of benzene rings is 2. The first-order valence-electron chi connectivity index (χ1n) is 8.18. The van der Waals surface area contributed by atoms with Crippen molar-refractivity contribution in [3.05, 3.63) is 51.9 Å². The summed E-state index contributed by atoms with van der Waals surface area (Å²) in [5.41, 5.74) is 11.0. The van der Waals surface area contributed by atoms with Gasteiger partial charge in [0.25, 0.3) is 0 Å². The van der Waals surface area contributed by atoms with E-state index < -0.39 is 50.1 Å². The number of nitrogens with two attached hydrogens (primary N) is 2. The summed E-state index contributed by atoms with van der Waals surface area (Å²) in [6.45, 7) is 0. The van der Waals surface area contributed by atoms with Crippen molar-refractivity contribution in [2.75, 3.05) is 11.5 Å². The second kappa shape index (κ2) is 7.80. The predicted molar refractivity (Wildman–Crippen MR) is 107 cm³/mol. The number of aromatic amines is 1. The molecule has 1 aromatic heterocycles. The third-order valence-corrected chi connectivity index (χ3v) is 6.54. The van der Waals surface area contributed by atoms with E-state index in [1.165, 1.54) is 6.07 Å². The second-order valence-corrected chi connectivity index (χ2v) is 8.92. The van der Waals surface area contributed by atoms with Gasteiger partial charge in [-0.3, -0.25) is 0 Å². The molecule has 162 valence electrons. The Morgan fingerprint density at radius 1 is 1.13 bits per heavy atom. The van der Waals surface area contributed by atoms with Gasteiger partial charge in [-0.2, -0.15) is 17.9 Å². The molecule has 1 heterocycles. The summed E-state index contributed by atoms with van der Waals surface area (Å²) >= 11 is 11.6. The number of rotatable bonds is 5. The van der Waals surface area contributed by atoms with Crippen LogP contribution in [0.3, 0.4) is 0 Å². The van der Waals surface area contributed by atoms with Crippen LogP contribution in [-0.2, 0) is 16.4 Å². The number of anilines is 2. The maximum absolute atomic E-state index is 14.2. The first-order valence-corrected chi connectivity index (χ1v) is 10.4. The molecule has 0 radical (unpaired) electrons. The van der Waals surface area contributed by atoms with E-state index in [-0.39, 0.29) is 27.2 Å². The number of nitrogens with one attached hydrogen (secondary N) is 2. The van der Waals surface area contributed by atoms with Gasteiger partial charge in [0.2, 0.25) is 10.0 Å². The van der Waals surface area contributed by atoms with E-state index in [0.717, 1.165) is 24.4 Å². The van der Waals surface area contributed by atoms with Gasteiger partial charge in [-0.05, 0) is 36.2 Å². The number of aromatic nitrogens is 1. The van der Waals surface area contributed by atoms with Crippen LogP contribution in [0.1, 0.15) is 5.56 Å². The molecular formula is C17H14Cl2F4N4O2S. The monoisotopic (exact) mass is 484 g/mol. The van der Waals surface area contributed by atoms with Gasteiger partial charge in [-0.15, -0.1) is 0 Å². The summed E-state index contributed by atoms with van der Waals surface area (Å²) in [7, 11) is -4.81. The number of hydrogen-bond donors (Lipinski definition) is 4. The van der Waals surface area contributed by atoms with Gasteiger partial charge in [0.05, 0.1) is 21.9 Å². The molecule has 0 saturated carbocycles. The van der Waals surface area contributed by atoms with Crippen molar-refractivity contribution in [2.24, 2.45) is 0 Å².